The van der Waals surface area contributed by atoms with Crippen LogP contribution in [0.15, 0.2) is 12.1 Å². The molecule has 118 valence electrons. The van der Waals surface area contributed by atoms with Gasteiger partial charge < -0.3 is 19.9 Å². The fourth-order valence-corrected chi connectivity index (χ4v) is 2.02. The Kier molecular flexibility index (Phi) is 5.78. The van der Waals surface area contributed by atoms with E-state index in [0.717, 1.165) is 0 Å². The predicted molar refractivity (Wildman–Crippen MR) is 80.2 cm³/mol. The standard InChI is InChI=1S/C14H22N2O5/c1-5-14(2,6-7-17)15-10-8-12(20-3)13(21-4)9-11(10)16(18)19/h8-9,15,17H,5-7H2,1-4H3. The minimum Gasteiger partial charge on any atom is -0.493 e. The van der Waals surface area contributed by atoms with Crippen molar-refractivity contribution in [1.82, 2.24) is 0 Å². The fourth-order valence-electron chi connectivity index (χ4n) is 2.02. The van der Waals surface area contributed by atoms with E-state index in [0.29, 0.717) is 30.0 Å². The van der Waals surface area contributed by atoms with Crippen LogP contribution in [0.1, 0.15) is 26.7 Å². The molecule has 7 heteroatoms. The number of methoxy groups -OCH3 is 2. The van der Waals surface area contributed by atoms with Gasteiger partial charge in [0.1, 0.15) is 5.69 Å². The van der Waals surface area contributed by atoms with Gasteiger partial charge in [-0.3, -0.25) is 10.1 Å². The molecule has 0 saturated carbocycles. The van der Waals surface area contributed by atoms with Crippen LogP contribution in [0, 0.1) is 10.1 Å². The first-order valence-corrected chi connectivity index (χ1v) is 6.70. The number of benzene rings is 1. The Morgan fingerprint density at radius 1 is 1.33 bits per heavy atom. The van der Waals surface area contributed by atoms with Crippen LogP contribution in [0.3, 0.4) is 0 Å². The number of nitro groups is 1. The average Bonchev–Trinajstić information content (AvgIpc) is 2.46. The van der Waals surface area contributed by atoms with Gasteiger partial charge in [-0.1, -0.05) is 6.92 Å². The highest BCUT2D eigenvalue weighted by molar-refractivity contribution is 5.69. The number of aliphatic hydroxyl groups excluding tert-OH is 1. The molecule has 1 unspecified atom stereocenters. The molecule has 2 N–H and O–H groups in total. The Balaban J connectivity index is 3.29. The molecule has 7 nitrogen and oxygen atoms in total. The third kappa shape index (κ3) is 3.98. The Hall–Kier alpha value is -2.02. The van der Waals surface area contributed by atoms with E-state index >= 15 is 0 Å². The molecule has 0 radical (unpaired) electrons. The molecular formula is C14H22N2O5. The Morgan fingerprint density at radius 3 is 2.33 bits per heavy atom. The van der Waals surface area contributed by atoms with E-state index < -0.39 is 10.5 Å². The number of hydrogen-bond donors (Lipinski definition) is 2. The molecule has 1 rings (SSSR count). The topological polar surface area (TPSA) is 93.9 Å². The normalized spacial score (nSPS) is 13.4. The predicted octanol–water partition coefficient (Wildman–Crippen LogP) is 2.58. The molecule has 0 fully saturated rings. The SMILES string of the molecule is CCC(C)(CCO)Nc1cc(OC)c(OC)cc1[N+](=O)[O-]. The summed E-state index contributed by atoms with van der Waals surface area (Å²) < 4.78 is 10.3. The van der Waals surface area contributed by atoms with Crippen LogP contribution in [0.25, 0.3) is 0 Å². The minimum absolute atomic E-state index is 0.00156. The van der Waals surface area contributed by atoms with Gasteiger partial charge in [-0.15, -0.1) is 0 Å². The lowest BCUT2D eigenvalue weighted by atomic mass is 9.94. The number of ether oxygens (including phenoxy) is 2. The van der Waals surface area contributed by atoms with E-state index in [1.54, 1.807) is 6.07 Å². The number of nitrogens with one attached hydrogen (secondary N) is 1. The third-order valence-corrected chi connectivity index (χ3v) is 3.58. The van der Waals surface area contributed by atoms with Crippen LogP contribution >= 0.6 is 0 Å². The van der Waals surface area contributed by atoms with E-state index in [9.17, 15) is 10.1 Å². The van der Waals surface area contributed by atoms with Gasteiger partial charge in [-0.05, 0) is 19.8 Å². The van der Waals surface area contributed by atoms with Crippen LogP contribution < -0.4 is 14.8 Å². The van der Waals surface area contributed by atoms with Crippen molar-refractivity contribution in [3.63, 3.8) is 0 Å². The number of anilines is 1. The summed E-state index contributed by atoms with van der Waals surface area (Å²) in [5.41, 5.74) is -0.195. The quantitative estimate of drug-likeness (QED) is 0.566. The van der Waals surface area contributed by atoms with Crippen molar-refractivity contribution in [2.45, 2.75) is 32.2 Å². The van der Waals surface area contributed by atoms with Gasteiger partial charge in [-0.2, -0.15) is 0 Å². The average molecular weight is 298 g/mol. The molecule has 0 aromatic heterocycles. The van der Waals surface area contributed by atoms with Gasteiger partial charge in [0.25, 0.3) is 5.69 Å². The minimum atomic E-state index is -0.473. The zero-order valence-corrected chi connectivity index (χ0v) is 12.8. The molecule has 0 aliphatic heterocycles. The van der Waals surface area contributed by atoms with Crippen molar-refractivity contribution in [3.05, 3.63) is 22.2 Å². The molecule has 0 bridgehead atoms. The highest BCUT2D eigenvalue weighted by atomic mass is 16.6. The number of nitro benzene ring substituents is 1. The smallest absolute Gasteiger partial charge is 0.296 e. The zero-order chi connectivity index (χ0) is 16.0. The summed E-state index contributed by atoms with van der Waals surface area (Å²) in [5, 5.41) is 23.5. The zero-order valence-electron chi connectivity index (χ0n) is 12.8. The molecule has 1 aromatic rings. The fraction of sp³-hybridized carbons (Fsp3) is 0.571. The van der Waals surface area contributed by atoms with E-state index in [2.05, 4.69) is 5.32 Å². The Labute approximate surface area is 124 Å². The maximum absolute atomic E-state index is 11.2. The van der Waals surface area contributed by atoms with Crippen molar-refractivity contribution in [1.29, 1.82) is 0 Å². The number of aliphatic hydroxyl groups is 1. The maximum atomic E-state index is 11.2. The molecule has 0 aliphatic rings. The summed E-state index contributed by atoms with van der Waals surface area (Å²) >= 11 is 0. The van der Waals surface area contributed by atoms with Crippen LogP contribution in [-0.4, -0.2) is 36.4 Å². The highest BCUT2D eigenvalue weighted by Crippen LogP contribution is 2.39. The molecule has 1 aromatic carbocycles. The van der Waals surface area contributed by atoms with Crippen molar-refractivity contribution in [2.24, 2.45) is 0 Å². The summed E-state index contributed by atoms with van der Waals surface area (Å²) in [6.45, 7) is 3.86. The molecule has 0 heterocycles. The lowest BCUT2D eigenvalue weighted by Crippen LogP contribution is -2.35. The van der Waals surface area contributed by atoms with E-state index in [1.165, 1.54) is 20.3 Å². The molecule has 0 amide bonds. The lowest BCUT2D eigenvalue weighted by molar-refractivity contribution is -0.384. The third-order valence-electron chi connectivity index (χ3n) is 3.58. The van der Waals surface area contributed by atoms with E-state index in [1.807, 2.05) is 13.8 Å². The summed E-state index contributed by atoms with van der Waals surface area (Å²) in [4.78, 5) is 10.8. The van der Waals surface area contributed by atoms with Crippen molar-refractivity contribution in [2.75, 3.05) is 26.1 Å². The lowest BCUT2D eigenvalue weighted by Gasteiger charge is -2.30. The van der Waals surface area contributed by atoms with Gasteiger partial charge >= 0.3 is 0 Å². The van der Waals surface area contributed by atoms with Gasteiger partial charge in [0.05, 0.1) is 25.2 Å². The number of rotatable bonds is 8. The van der Waals surface area contributed by atoms with Crippen molar-refractivity contribution in [3.8, 4) is 11.5 Å². The van der Waals surface area contributed by atoms with Gasteiger partial charge in [0, 0.05) is 18.2 Å². The monoisotopic (exact) mass is 298 g/mol. The maximum Gasteiger partial charge on any atom is 0.296 e. The van der Waals surface area contributed by atoms with Gasteiger partial charge in [0.2, 0.25) is 0 Å². The van der Waals surface area contributed by atoms with E-state index in [4.69, 9.17) is 14.6 Å². The van der Waals surface area contributed by atoms with Crippen molar-refractivity contribution < 1.29 is 19.5 Å². The Bertz CT molecular complexity index is 506. The van der Waals surface area contributed by atoms with Crippen LogP contribution in [0.5, 0.6) is 11.5 Å². The molecule has 1 atom stereocenters. The second-order valence-corrected chi connectivity index (χ2v) is 4.99. The highest BCUT2D eigenvalue weighted by Gasteiger charge is 2.27. The van der Waals surface area contributed by atoms with E-state index in [-0.39, 0.29) is 12.3 Å². The van der Waals surface area contributed by atoms with Crippen LogP contribution in [-0.2, 0) is 0 Å². The number of nitrogens with zero attached hydrogens (tertiary/aromatic N) is 1. The molecule has 21 heavy (non-hydrogen) atoms. The van der Waals surface area contributed by atoms with Gasteiger partial charge in [-0.25, -0.2) is 0 Å². The first-order valence-electron chi connectivity index (χ1n) is 6.70. The molecule has 0 saturated heterocycles. The van der Waals surface area contributed by atoms with Crippen molar-refractivity contribution >= 4 is 11.4 Å². The number of hydrogen-bond acceptors (Lipinski definition) is 6. The largest absolute Gasteiger partial charge is 0.493 e. The first kappa shape index (κ1) is 17.0. The first-order chi connectivity index (χ1) is 9.90. The summed E-state index contributed by atoms with van der Waals surface area (Å²) in [7, 11) is 2.90. The van der Waals surface area contributed by atoms with Crippen LogP contribution in [0.2, 0.25) is 0 Å². The summed E-state index contributed by atoms with van der Waals surface area (Å²) in [6, 6.07) is 2.87. The summed E-state index contributed by atoms with van der Waals surface area (Å²) in [6.07, 6.45) is 1.19. The molecule has 0 spiro atoms. The molecule has 0 aliphatic carbocycles. The van der Waals surface area contributed by atoms with Gasteiger partial charge in [0.15, 0.2) is 11.5 Å². The second-order valence-electron chi connectivity index (χ2n) is 4.99. The second kappa shape index (κ2) is 7.12. The van der Waals surface area contributed by atoms with Crippen LogP contribution in [0.4, 0.5) is 11.4 Å². The molecular weight excluding hydrogens is 276 g/mol. The summed E-state index contributed by atoms with van der Waals surface area (Å²) in [5.74, 6) is 0.711. The Morgan fingerprint density at radius 2 is 1.90 bits per heavy atom.